The molecule has 39 heavy (non-hydrogen) atoms. The number of benzene rings is 2. The Morgan fingerprint density at radius 1 is 1.10 bits per heavy atom. The minimum Gasteiger partial charge on any atom is -0.497 e. The Morgan fingerprint density at radius 3 is 2.51 bits per heavy atom. The molecule has 0 aliphatic carbocycles. The number of carbonyl (C=O) groups is 1. The van der Waals surface area contributed by atoms with Crippen LogP contribution in [0.2, 0.25) is 0 Å². The molecule has 9 nitrogen and oxygen atoms in total. The third kappa shape index (κ3) is 6.44. The van der Waals surface area contributed by atoms with Crippen molar-refractivity contribution >= 4 is 42.6 Å². The molecule has 3 heterocycles. The molecule has 0 saturated carbocycles. The minimum atomic E-state index is -3.58. The number of piperidine rings is 1. The smallest absolute Gasteiger partial charge is 0.260 e. The van der Waals surface area contributed by atoms with Crippen LogP contribution in [0.15, 0.2) is 47.4 Å². The highest BCUT2D eigenvalue weighted by Gasteiger charge is 2.29. The van der Waals surface area contributed by atoms with E-state index in [0.29, 0.717) is 42.0 Å². The fourth-order valence-electron chi connectivity index (χ4n) is 5.00. The van der Waals surface area contributed by atoms with E-state index in [1.165, 1.54) is 11.3 Å². The average molecular weight is 573 g/mol. The molecule has 5 rings (SSSR count). The molecule has 0 bridgehead atoms. The maximum atomic E-state index is 13.8. The van der Waals surface area contributed by atoms with Gasteiger partial charge in [-0.05, 0) is 61.6 Å². The number of fused-ring (bicyclic) bond motifs is 1. The first-order valence-electron chi connectivity index (χ1n) is 13.5. The molecular formula is C28H36N4O5S2. The quantitative estimate of drug-likeness (QED) is 0.381. The van der Waals surface area contributed by atoms with Gasteiger partial charge in [0.25, 0.3) is 5.91 Å². The Hall–Kier alpha value is -2.57. The van der Waals surface area contributed by atoms with Crippen LogP contribution in [0.5, 0.6) is 5.75 Å². The van der Waals surface area contributed by atoms with Crippen LogP contribution >= 0.6 is 11.3 Å². The van der Waals surface area contributed by atoms with Crippen molar-refractivity contribution in [2.75, 3.05) is 64.5 Å². The molecule has 11 heteroatoms. The predicted molar refractivity (Wildman–Crippen MR) is 153 cm³/mol. The lowest BCUT2D eigenvalue weighted by Gasteiger charge is -2.29. The predicted octanol–water partition coefficient (Wildman–Crippen LogP) is 4.09. The molecule has 2 aliphatic rings. The van der Waals surface area contributed by atoms with Crippen LogP contribution in [0.25, 0.3) is 10.2 Å². The first-order valence-corrected chi connectivity index (χ1v) is 15.8. The van der Waals surface area contributed by atoms with Gasteiger partial charge in [-0.15, -0.1) is 0 Å². The van der Waals surface area contributed by atoms with Gasteiger partial charge in [-0.1, -0.05) is 18.3 Å². The number of aromatic nitrogens is 1. The SMILES string of the molecule is COc1ccc2sc(N(CCCN3CCOCC3)C(=O)c3ccc(S(=O)(=O)N4CCC(C)CC4)cc3)nc2c1. The number of hydrogen-bond donors (Lipinski definition) is 0. The van der Waals surface area contributed by atoms with E-state index in [4.69, 9.17) is 14.5 Å². The highest BCUT2D eigenvalue weighted by atomic mass is 32.2. The van der Waals surface area contributed by atoms with E-state index >= 15 is 0 Å². The van der Waals surface area contributed by atoms with Crippen molar-refractivity contribution in [3.63, 3.8) is 0 Å². The summed E-state index contributed by atoms with van der Waals surface area (Å²) in [5.74, 6) is 1.05. The lowest BCUT2D eigenvalue weighted by Crippen LogP contribution is -2.39. The van der Waals surface area contributed by atoms with Crippen molar-refractivity contribution in [3.05, 3.63) is 48.0 Å². The Morgan fingerprint density at radius 2 is 1.82 bits per heavy atom. The minimum absolute atomic E-state index is 0.196. The number of morpholine rings is 1. The number of methoxy groups -OCH3 is 1. The van der Waals surface area contributed by atoms with Crippen LogP contribution in [0.3, 0.4) is 0 Å². The number of nitrogens with zero attached hydrogens (tertiary/aromatic N) is 4. The highest BCUT2D eigenvalue weighted by Crippen LogP contribution is 2.32. The monoisotopic (exact) mass is 572 g/mol. The largest absolute Gasteiger partial charge is 0.497 e. The highest BCUT2D eigenvalue weighted by molar-refractivity contribution is 7.89. The first-order chi connectivity index (χ1) is 18.8. The second-order valence-corrected chi connectivity index (χ2v) is 13.2. The number of amides is 1. The summed E-state index contributed by atoms with van der Waals surface area (Å²) in [4.78, 5) is 22.8. The number of ether oxygens (including phenoxy) is 2. The molecule has 0 atom stereocenters. The third-order valence-corrected chi connectivity index (χ3v) is 10.5. The molecule has 1 amide bonds. The van der Waals surface area contributed by atoms with Gasteiger partial charge in [0.2, 0.25) is 10.0 Å². The molecule has 2 aromatic carbocycles. The van der Waals surface area contributed by atoms with E-state index in [-0.39, 0.29) is 10.8 Å². The normalized spacial score (nSPS) is 17.9. The van der Waals surface area contributed by atoms with Crippen molar-refractivity contribution in [1.29, 1.82) is 0 Å². The summed E-state index contributed by atoms with van der Waals surface area (Å²) in [7, 11) is -1.96. The Labute approximate surface area is 234 Å². The number of sulfonamides is 1. The first kappa shape index (κ1) is 28.0. The average Bonchev–Trinajstić information content (AvgIpc) is 3.39. The number of rotatable bonds is 9. The van der Waals surface area contributed by atoms with Crippen LogP contribution in [-0.4, -0.2) is 88.1 Å². The number of thiazole rings is 1. The van der Waals surface area contributed by atoms with Crippen molar-refractivity contribution in [2.24, 2.45) is 5.92 Å². The van der Waals surface area contributed by atoms with E-state index in [1.807, 2.05) is 18.2 Å². The molecule has 0 unspecified atom stereocenters. The summed E-state index contributed by atoms with van der Waals surface area (Å²) in [6.45, 7) is 7.81. The van der Waals surface area contributed by atoms with Gasteiger partial charge < -0.3 is 9.47 Å². The molecule has 0 spiro atoms. The zero-order chi connectivity index (χ0) is 27.4. The summed E-state index contributed by atoms with van der Waals surface area (Å²) in [5, 5.41) is 0.615. The second-order valence-electron chi connectivity index (χ2n) is 10.2. The fourth-order valence-corrected chi connectivity index (χ4v) is 7.44. The summed E-state index contributed by atoms with van der Waals surface area (Å²) in [6.07, 6.45) is 2.51. The van der Waals surface area contributed by atoms with Gasteiger partial charge in [-0.3, -0.25) is 14.6 Å². The van der Waals surface area contributed by atoms with Crippen molar-refractivity contribution in [1.82, 2.24) is 14.2 Å². The molecule has 3 aromatic rings. The summed E-state index contributed by atoms with van der Waals surface area (Å²) in [5.41, 5.74) is 1.21. The van der Waals surface area contributed by atoms with Gasteiger partial charge in [0.05, 0.1) is 35.4 Å². The number of hydrogen-bond acceptors (Lipinski definition) is 8. The van der Waals surface area contributed by atoms with Gasteiger partial charge >= 0.3 is 0 Å². The molecule has 1 aromatic heterocycles. The summed E-state index contributed by atoms with van der Waals surface area (Å²) >= 11 is 1.46. The zero-order valence-corrected chi connectivity index (χ0v) is 24.2. The molecule has 0 radical (unpaired) electrons. The topological polar surface area (TPSA) is 92.3 Å². The summed E-state index contributed by atoms with van der Waals surface area (Å²) < 4.78 is 39.7. The van der Waals surface area contributed by atoms with Crippen LogP contribution in [-0.2, 0) is 14.8 Å². The van der Waals surface area contributed by atoms with Crippen LogP contribution < -0.4 is 9.64 Å². The number of anilines is 1. The van der Waals surface area contributed by atoms with E-state index in [2.05, 4.69) is 11.8 Å². The van der Waals surface area contributed by atoms with E-state index in [1.54, 1.807) is 40.6 Å². The Kier molecular flexibility index (Phi) is 8.82. The van der Waals surface area contributed by atoms with Crippen molar-refractivity contribution in [2.45, 2.75) is 31.1 Å². The fraction of sp³-hybridized carbons (Fsp3) is 0.500. The van der Waals surface area contributed by atoms with Crippen LogP contribution in [0.4, 0.5) is 5.13 Å². The van der Waals surface area contributed by atoms with E-state index < -0.39 is 10.0 Å². The summed E-state index contributed by atoms with van der Waals surface area (Å²) in [6, 6.07) is 12.0. The second kappa shape index (κ2) is 12.3. The zero-order valence-electron chi connectivity index (χ0n) is 22.5. The molecule has 2 saturated heterocycles. The lowest BCUT2D eigenvalue weighted by atomic mass is 10.0. The van der Waals surface area contributed by atoms with Crippen molar-refractivity contribution in [3.8, 4) is 5.75 Å². The molecule has 2 fully saturated rings. The number of carbonyl (C=O) groups excluding carboxylic acids is 1. The molecule has 2 aliphatic heterocycles. The van der Waals surface area contributed by atoms with Crippen LogP contribution in [0.1, 0.15) is 36.5 Å². The maximum absolute atomic E-state index is 13.8. The standard InChI is InChI=1S/C28H36N4O5S2/c1-21-10-14-31(15-11-21)39(34,35)24-7-4-22(5-8-24)27(33)32(13-3-12-30-16-18-37-19-17-30)28-29-25-20-23(36-2)6-9-26(25)38-28/h4-9,20-21H,3,10-19H2,1-2H3. The molecular weight excluding hydrogens is 536 g/mol. The van der Waals surface area contributed by atoms with Gasteiger partial charge in [-0.2, -0.15) is 4.31 Å². The van der Waals surface area contributed by atoms with Crippen molar-refractivity contribution < 1.29 is 22.7 Å². The van der Waals surface area contributed by atoms with Gasteiger partial charge in [0.15, 0.2) is 5.13 Å². The van der Waals surface area contributed by atoms with Gasteiger partial charge in [0, 0.05) is 50.9 Å². The lowest BCUT2D eigenvalue weighted by molar-refractivity contribution is 0.0376. The molecule has 0 N–H and O–H groups in total. The third-order valence-electron chi connectivity index (χ3n) is 7.50. The van der Waals surface area contributed by atoms with E-state index in [0.717, 1.165) is 62.3 Å². The van der Waals surface area contributed by atoms with E-state index in [9.17, 15) is 13.2 Å². The van der Waals surface area contributed by atoms with Gasteiger partial charge in [-0.25, -0.2) is 13.4 Å². The van der Waals surface area contributed by atoms with Crippen LogP contribution in [0, 0.1) is 5.92 Å². The van der Waals surface area contributed by atoms with Gasteiger partial charge in [0.1, 0.15) is 5.75 Å². The maximum Gasteiger partial charge on any atom is 0.260 e. The Balaban J connectivity index is 1.36. The molecule has 210 valence electrons. The Bertz CT molecular complexity index is 1380.